The Morgan fingerprint density at radius 1 is 1.29 bits per heavy atom. The van der Waals surface area contributed by atoms with E-state index in [1.165, 1.54) is 10.1 Å². The summed E-state index contributed by atoms with van der Waals surface area (Å²) in [5.41, 5.74) is 10.1. The number of amides is 1. The first-order chi connectivity index (χ1) is 16.3. The number of nitrogens with zero attached hydrogens (tertiary/aromatic N) is 7. The van der Waals surface area contributed by atoms with Crippen molar-refractivity contribution >= 4 is 17.1 Å². The fourth-order valence-corrected chi connectivity index (χ4v) is 5.67. The van der Waals surface area contributed by atoms with Gasteiger partial charge in [0.25, 0.3) is 0 Å². The number of anilines is 1. The van der Waals surface area contributed by atoms with E-state index in [2.05, 4.69) is 39.5 Å². The topological polar surface area (TPSA) is 108 Å². The van der Waals surface area contributed by atoms with Gasteiger partial charge in [0, 0.05) is 31.2 Å². The van der Waals surface area contributed by atoms with Crippen molar-refractivity contribution in [3.05, 3.63) is 46.8 Å². The maximum atomic E-state index is 14.7. The minimum atomic E-state index is -0.436. The lowest BCUT2D eigenvalue weighted by Gasteiger charge is -2.36. The van der Waals surface area contributed by atoms with Gasteiger partial charge in [-0.1, -0.05) is 0 Å². The summed E-state index contributed by atoms with van der Waals surface area (Å²) in [4.78, 5) is 16.4. The van der Waals surface area contributed by atoms with Crippen LogP contribution in [0.2, 0.25) is 0 Å². The van der Waals surface area contributed by atoms with Crippen molar-refractivity contribution in [1.82, 2.24) is 24.3 Å². The Hall–Kier alpha value is -3.45. The highest BCUT2D eigenvalue weighted by molar-refractivity contribution is 5.83. The van der Waals surface area contributed by atoms with Gasteiger partial charge >= 0.3 is 0 Å². The van der Waals surface area contributed by atoms with Crippen molar-refractivity contribution in [2.45, 2.75) is 58.3 Å². The van der Waals surface area contributed by atoms with Crippen LogP contribution in [-0.2, 0) is 24.3 Å². The second-order valence-electron chi connectivity index (χ2n) is 10.1. The maximum absolute atomic E-state index is 14.7. The van der Waals surface area contributed by atoms with Crippen LogP contribution in [0.15, 0.2) is 18.3 Å². The Morgan fingerprint density at radius 2 is 2.09 bits per heavy atom. The largest absolute Gasteiger partial charge is 0.369 e. The van der Waals surface area contributed by atoms with E-state index in [0.717, 1.165) is 42.5 Å². The third-order valence-electron chi connectivity index (χ3n) is 7.85. The van der Waals surface area contributed by atoms with Gasteiger partial charge in [0.05, 0.1) is 41.3 Å². The molecule has 5 heterocycles. The zero-order valence-electron chi connectivity index (χ0n) is 19.3. The number of carbonyl (C=O) groups excluding carboxylic acids is 1. The highest BCUT2D eigenvalue weighted by Gasteiger charge is 2.50. The van der Waals surface area contributed by atoms with Crippen LogP contribution in [0.25, 0.3) is 5.52 Å². The molecule has 3 aromatic heterocycles. The fourth-order valence-electron chi connectivity index (χ4n) is 5.67. The average molecular weight is 463 g/mol. The molecule has 10 heteroatoms. The molecule has 1 fully saturated rings. The smallest absolute Gasteiger partial charge is 0.224 e. The molecule has 1 saturated carbocycles. The number of rotatable bonds is 4. The fraction of sp³-hybridized carbons (Fsp3) is 0.500. The van der Waals surface area contributed by atoms with Crippen molar-refractivity contribution in [3.63, 3.8) is 0 Å². The van der Waals surface area contributed by atoms with Crippen molar-refractivity contribution in [3.8, 4) is 6.07 Å². The van der Waals surface area contributed by atoms with Gasteiger partial charge in [-0.15, -0.1) is 0 Å². The van der Waals surface area contributed by atoms with E-state index in [4.69, 9.17) is 10.8 Å². The average Bonchev–Trinajstić information content (AvgIpc) is 3.38. The predicted octanol–water partition coefficient (Wildman–Crippen LogP) is 2.13. The third-order valence-corrected chi connectivity index (χ3v) is 7.85. The lowest BCUT2D eigenvalue weighted by Crippen LogP contribution is -2.45. The molecule has 0 spiro atoms. The van der Waals surface area contributed by atoms with E-state index < -0.39 is 5.82 Å². The zero-order chi connectivity index (χ0) is 23.8. The van der Waals surface area contributed by atoms with Crippen LogP contribution in [-0.4, -0.2) is 49.3 Å². The monoisotopic (exact) mass is 462 g/mol. The highest BCUT2D eigenvalue weighted by atomic mass is 19.1. The molecule has 176 valence electrons. The van der Waals surface area contributed by atoms with E-state index in [1.54, 1.807) is 6.07 Å². The van der Waals surface area contributed by atoms with Crippen LogP contribution in [0.3, 0.4) is 0 Å². The highest BCUT2D eigenvalue weighted by Crippen LogP contribution is 2.47. The summed E-state index contributed by atoms with van der Waals surface area (Å²) >= 11 is 0. The van der Waals surface area contributed by atoms with Gasteiger partial charge < -0.3 is 10.6 Å². The van der Waals surface area contributed by atoms with E-state index >= 15 is 0 Å². The number of carbonyl (C=O) groups is 1. The second kappa shape index (κ2) is 7.27. The minimum Gasteiger partial charge on any atom is -0.369 e. The molecule has 9 nitrogen and oxygen atoms in total. The number of nitrogens with two attached hydrogens (primary N) is 1. The number of hydrogen-bond donors (Lipinski definition) is 1. The lowest BCUT2D eigenvalue weighted by molar-refractivity contribution is -0.124. The van der Waals surface area contributed by atoms with Gasteiger partial charge in [0.1, 0.15) is 17.3 Å². The lowest BCUT2D eigenvalue weighted by atomic mass is 9.95. The molecule has 34 heavy (non-hydrogen) atoms. The summed E-state index contributed by atoms with van der Waals surface area (Å²) in [7, 11) is 0. The molecule has 2 aliphatic heterocycles. The first-order valence-electron chi connectivity index (χ1n) is 11.8. The predicted molar refractivity (Wildman–Crippen MR) is 122 cm³/mol. The second-order valence-corrected chi connectivity index (χ2v) is 10.1. The molecule has 1 amide bonds. The van der Waals surface area contributed by atoms with Crippen molar-refractivity contribution in [2.75, 3.05) is 18.0 Å². The number of fused-ring (bicyclic) bond motifs is 4. The molecule has 0 unspecified atom stereocenters. The summed E-state index contributed by atoms with van der Waals surface area (Å²) in [6, 6.07) is 5.95. The van der Waals surface area contributed by atoms with Crippen LogP contribution in [0.5, 0.6) is 0 Å². The molecule has 0 bridgehead atoms. The number of nitriles is 1. The van der Waals surface area contributed by atoms with E-state index in [9.17, 15) is 14.4 Å². The maximum Gasteiger partial charge on any atom is 0.224 e. The number of primary amides is 1. The molecular formula is C24H27FN8O. The third kappa shape index (κ3) is 3.03. The summed E-state index contributed by atoms with van der Waals surface area (Å²) in [5, 5.41) is 18.4. The minimum absolute atomic E-state index is 0.0974. The van der Waals surface area contributed by atoms with Crippen LogP contribution >= 0.6 is 0 Å². The quantitative estimate of drug-likeness (QED) is 0.636. The Balaban J connectivity index is 1.33. The molecule has 1 aliphatic carbocycles. The number of halogens is 1. The van der Waals surface area contributed by atoms with Crippen molar-refractivity contribution in [2.24, 2.45) is 11.1 Å². The van der Waals surface area contributed by atoms with Crippen LogP contribution in [0.4, 0.5) is 10.1 Å². The molecule has 2 atom stereocenters. The molecule has 3 aromatic rings. The molecule has 0 aromatic carbocycles. The Labute approximate surface area is 196 Å². The van der Waals surface area contributed by atoms with Gasteiger partial charge in [-0.2, -0.15) is 15.5 Å². The molecule has 0 saturated heterocycles. The van der Waals surface area contributed by atoms with Crippen LogP contribution < -0.4 is 10.6 Å². The Bertz CT molecular complexity index is 1360. The van der Waals surface area contributed by atoms with Crippen molar-refractivity contribution in [1.29, 1.82) is 5.26 Å². The van der Waals surface area contributed by atoms with Gasteiger partial charge in [0.15, 0.2) is 5.82 Å². The molecule has 6 rings (SSSR count). The summed E-state index contributed by atoms with van der Waals surface area (Å²) in [6.07, 6.45) is 3.75. The first-order valence-corrected chi connectivity index (χ1v) is 11.8. The zero-order valence-corrected chi connectivity index (χ0v) is 19.3. The van der Waals surface area contributed by atoms with Crippen LogP contribution in [0.1, 0.15) is 55.4 Å². The van der Waals surface area contributed by atoms with Crippen LogP contribution in [0, 0.1) is 22.6 Å². The Morgan fingerprint density at radius 3 is 2.79 bits per heavy atom. The standard InChI is InChI=1S/C24H27FN8O/c1-14-7-17-19(11-31(14)13-24(5-6-24)23(27)34)29-32-15(2)10-30(12-21(17)32)20-4-3-16(8-26)33-22(20)18(25)9-28-33/h3-4,9,14-15H,5-7,10-13H2,1-2H3,(H2,27,34)/t14-,15+/m0/s1. The number of aromatic nitrogens is 4. The SMILES string of the molecule is C[C@@H]1CN(c2ccc(C#N)n3ncc(F)c23)Cc2c3c(nn21)CN(CC1(C(N)=O)CC1)[C@@H](C)C3. The molecule has 0 radical (unpaired) electrons. The summed E-state index contributed by atoms with van der Waals surface area (Å²) < 4.78 is 18.2. The molecule has 2 N–H and O–H groups in total. The van der Waals surface area contributed by atoms with Gasteiger partial charge in [-0.05, 0) is 45.2 Å². The van der Waals surface area contributed by atoms with E-state index in [1.807, 2.05) is 6.07 Å². The van der Waals surface area contributed by atoms with Gasteiger partial charge in [0.2, 0.25) is 5.91 Å². The Kier molecular flexibility index (Phi) is 4.51. The summed E-state index contributed by atoms with van der Waals surface area (Å²) in [5.74, 6) is -0.631. The normalized spacial score (nSPS) is 23.4. The van der Waals surface area contributed by atoms with Crippen molar-refractivity contribution < 1.29 is 9.18 Å². The van der Waals surface area contributed by atoms with E-state index in [0.29, 0.717) is 37.4 Å². The van der Waals surface area contributed by atoms with Gasteiger partial charge in [-0.3, -0.25) is 14.4 Å². The number of pyridine rings is 1. The van der Waals surface area contributed by atoms with Gasteiger partial charge in [-0.25, -0.2) is 8.91 Å². The first kappa shape index (κ1) is 21.1. The molecule has 3 aliphatic rings. The summed E-state index contributed by atoms with van der Waals surface area (Å²) in [6.45, 7) is 6.99. The van der Waals surface area contributed by atoms with E-state index in [-0.39, 0.29) is 23.4 Å². The molecular weight excluding hydrogens is 435 g/mol. The number of hydrogen-bond acceptors (Lipinski definition) is 6.